The van der Waals surface area contributed by atoms with E-state index in [4.69, 9.17) is 16.3 Å². The summed E-state index contributed by atoms with van der Waals surface area (Å²) in [7, 11) is 1.98. The SMILES string of the molecule is Cc1cc(Cl)ccc1-c1nc(C)c(NC(=O)OCc2ccc3c(c2)nc(C)n3C)s1. The van der Waals surface area contributed by atoms with E-state index in [9.17, 15) is 4.79 Å². The van der Waals surface area contributed by atoms with Gasteiger partial charge in [0.1, 0.15) is 22.4 Å². The maximum atomic E-state index is 12.3. The highest BCUT2D eigenvalue weighted by molar-refractivity contribution is 7.19. The fraction of sp³-hybridized carbons (Fsp3) is 0.227. The van der Waals surface area contributed by atoms with Crippen LogP contribution in [0.4, 0.5) is 9.80 Å². The second-order valence-electron chi connectivity index (χ2n) is 7.14. The van der Waals surface area contributed by atoms with Crippen molar-refractivity contribution in [3.63, 3.8) is 0 Å². The van der Waals surface area contributed by atoms with Crippen molar-refractivity contribution in [2.45, 2.75) is 27.4 Å². The Labute approximate surface area is 183 Å². The fourth-order valence-corrected chi connectivity index (χ4v) is 4.50. The van der Waals surface area contributed by atoms with Gasteiger partial charge in [0.2, 0.25) is 0 Å². The summed E-state index contributed by atoms with van der Waals surface area (Å²) in [6.07, 6.45) is -0.515. The third-order valence-electron chi connectivity index (χ3n) is 4.97. The van der Waals surface area contributed by atoms with Crippen LogP contribution in [0.5, 0.6) is 0 Å². The van der Waals surface area contributed by atoms with Gasteiger partial charge in [-0.2, -0.15) is 0 Å². The van der Waals surface area contributed by atoms with Crippen LogP contribution in [0, 0.1) is 20.8 Å². The first-order valence-electron chi connectivity index (χ1n) is 9.41. The Balaban J connectivity index is 1.43. The molecule has 2 aromatic heterocycles. The molecule has 0 atom stereocenters. The van der Waals surface area contributed by atoms with Gasteiger partial charge in [-0.05, 0) is 56.2 Å². The van der Waals surface area contributed by atoms with E-state index in [0.717, 1.165) is 44.2 Å². The van der Waals surface area contributed by atoms with E-state index in [0.29, 0.717) is 10.0 Å². The summed E-state index contributed by atoms with van der Waals surface area (Å²) in [4.78, 5) is 21.4. The Hall–Kier alpha value is -2.90. The topological polar surface area (TPSA) is 69.0 Å². The third kappa shape index (κ3) is 4.04. The molecule has 6 nitrogen and oxygen atoms in total. The van der Waals surface area contributed by atoms with Crippen LogP contribution < -0.4 is 5.32 Å². The maximum Gasteiger partial charge on any atom is 0.412 e. The Bertz CT molecular complexity index is 1260. The summed E-state index contributed by atoms with van der Waals surface area (Å²) >= 11 is 7.45. The van der Waals surface area contributed by atoms with Gasteiger partial charge >= 0.3 is 6.09 Å². The van der Waals surface area contributed by atoms with Crippen molar-refractivity contribution in [2.24, 2.45) is 7.05 Å². The van der Waals surface area contributed by atoms with Crippen LogP contribution in [0.3, 0.4) is 0 Å². The lowest BCUT2D eigenvalue weighted by Crippen LogP contribution is -2.13. The van der Waals surface area contributed by atoms with E-state index in [1.54, 1.807) is 0 Å². The first kappa shape index (κ1) is 20.4. The molecule has 0 unspecified atom stereocenters. The Morgan fingerprint density at radius 3 is 2.73 bits per heavy atom. The summed E-state index contributed by atoms with van der Waals surface area (Å²) in [5.74, 6) is 0.938. The number of benzene rings is 2. The molecule has 154 valence electrons. The molecule has 0 bridgehead atoms. The lowest BCUT2D eigenvalue weighted by Gasteiger charge is -2.06. The molecule has 4 rings (SSSR count). The van der Waals surface area contributed by atoms with Crippen molar-refractivity contribution in [1.29, 1.82) is 0 Å². The van der Waals surface area contributed by atoms with E-state index >= 15 is 0 Å². The molecule has 0 fully saturated rings. The summed E-state index contributed by atoms with van der Waals surface area (Å²) in [6.45, 7) is 5.97. The molecule has 1 amide bonds. The number of rotatable bonds is 4. The van der Waals surface area contributed by atoms with Crippen LogP contribution >= 0.6 is 22.9 Å². The highest BCUT2D eigenvalue weighted by Crippen LogP contribution is 2.34. The van der Waals surface area contributed by atoms with Gasteiger partial charge in [0.05, 0.1) is 16.7 Å². The van der Waals surface area contributed by atoms with Crippen LogP contribution in [-0.2, 0) is 18.4 Å². The quantitative estimate of drug-likeness (QED) is 0.421. The molecule has 1 N–H and O–H groups in total. The Morgan fingerprint density at radius 1 is 1.17 bits per heavy atom. The van der Waals surface area contributed by atoms with Crippen LogP contribution in [0.25, 0.3) is 21.6 Å². The van der Waals surface area contributed by atoms with E-state index in [-0.39, 0.29) is 6.61 Å². The molecule has 0 saturated carbocycles. The smallest absolute Gasteiger partial charge is 0.412 e. The minimum absolute atomic E-state index is 0.165. The monoisotopic (exact) mass is 440 g/mol. The molecule has 8 heteroatoms. The molecule has 0 aliphatic carbocycles. The molecule has 30 heavy (non-hydrogen) atoms. The van der Waals surface area contributed by atoms with Crippen LogP contribution in [0.15, 0.2) is 36.4 Å². The first-order valence-corrected chi connectivity index (χ1v) is 10.6. The normalized spacial score (nSPS) is 11.1. The minimum atomic E-state index is -0.515. The van der Waals surface area contributed by atoms with Crippen LogP contribution in [-0.4, -0.2) is 20.6 Å². The minimum Gasteiger partial charge on any atom is -0.444 e. The number of ether oxygens (including phenoxy) is 1. The number of nitrogens with one attached hydrogen (secondary N) is 1. The van der Waals surface area contributed by atoms with Gasteiger partial charge in [-0.1, -0.05) is 35.1 Å². The lowest BCUT2D eigenvalue weighted by atomic mass is 10.1. The van der Waals surface area contributed by atoms with E-state index in [2.05, 4.69) is 15.3 Å². The van der Waals surface area contributed by atoms with Gasteiger partial charge in [-0.25, -0.2) is 14.8 Å². The van der Waals surface area contributed by atoms with Crippen molar-refractivity contribution >= 4 is 45.1 Å². The molecule has 0 radical (unpaired) electrons. The van der Waals surface area contributed by atoms with Gasteiger partial charge in [0.15, 0.2) is 0 Å². The number of carbonyl (C=O) groups excluding carboxylic acids is 1. The number of fused-ring (bicyclic) bond motifs is 1. The number of hydrogen-bond acceptors (Lipinski definition) is 5. The summed E-state index contributed by atoms with van der Waals surface area (Å²) in [5, 5.41) is 4.98. The van der Waals surface area contributed by atoms with Crippen molar-refractivity contribution in [2.75, 3.05) is 5.32 Å². The molecular weight excluding hydrogens is 420 g/mol. The number of carbonyl (C=O) groups is 1. The van der Waals surface area contributed by atoms with Gasteiger partial charge in [-0.15, -0.1) is 0 Å². The number of halogens is 1. The zero-order chi connectivity index (χ0) is 21.4. The molecule has 0 saturated heterocycles. The predicted octanol–water partition coefficient (Wildman–Crippen LogP) is 6.02. The van der Waals surface area contributed by atoms with Gasteiger partial charge in [-0.3, -0.25) is 5.32 Å². The highest BCUT2D eigenvalue weighted by atomic mass is 35.5. The largest absolute Gasteiger partial charge is 0.444 e. The molecule has 4 aromatic rings. The van der Waals surface area contributed by atoms with E-state index < -0.39 is 6.09 Å². The molecule has 0 spiro atoms. The van der Waals surface area contributed by atoms with Crippen molar-refractivity contribution < 1.29 is 9.53 Å². The molecule has 2 heterocycles. The Kier molecular flexibility index (Phi) is 5.49. The van der Waals surface area contributed by atoms with E-state index in [1.807, 2.05) is 68.8 Å². The third-order valence-corrected chi connectivity index (χ3v) is 6.31. The number of thiazole rings is 1. The second-order valence-corrected chi connectivity index (χ2v) is 8.57. The zero-order valence-electron chi connectivity index (χ0n) is 17.1. The average Bonchev–Trinajstić information content (AvgIpc) is 3.19. The number of nitrogens with zero attached hydrogens (tertiary/aromatic N) is 3. The number of aryl methyl sites for hydroxylation is 4. The standard InChI is InChI=1S/C22H21ClN4O2S/c1-12-9-16(23)6-7-17(12)21-24-13(2)20(30-21)26-22(28)29-11-15-5-8-19-18(10-15)25-14(3)27(19)4/h5-10H,11H2,1-4H3,(H,26,28). The van der Waals surface area contributed by atoms with E-state index in [1.165, 1.54) is 11.3 Å². The maximum absolute atomic E-state index is 12.3. The fourth-order valence-electron chi connectivity index (χ4n) is 3.23. The van der Waals surface area contributed by atoms with Crippen LogP contribution in [0.1, 0.15) is 22.6 Å². The second kappa shape index (κ2) is 8.08. The highest BCUT2D eigenvalue weighted by Gasteiger charge is 2.15. The number of aromatic nitrogens is 3. The van der Waals surface area contributed by atoms with Gasteiger partial charge in [0, 0.05) is 17.6 Å². The molecule has 2 aromatic carbocycles. The average molecular weight is 441 g/mol. The van der Waals surface area contributed by atoms with Crippen LogP contribution in [0.2, 0.25) is 5.02 Å². The van der Waals surface area contributed by atoms with Crippen molar-refractivity contribution in [1.82, 2.24) is 14.5 Å². The lowest BCUT2D eigenvalue weighted by molar-refractivity contribution is 0.155. The first-order chi connectivity index (χ1) is 14.3. The van der Waals surface area contributed by atoms with Crippen molar-refractivity contribution in [3.8, 4) is 10.6 Å². The van der Waals surface area contributed by atoms with Gasteiger partial charge < -0.3 is 9.30 Å². The van der Waals surface area contributed by atoms with Crippen molar-refractivity contribution in [3.05, 3.63) is 64.1 Å². The summed E-state index contributed by atoms with van der Waals surface area (Å²) in [6, 6.07) is 11.5. The number of anilines is 1. The number of amides is 1. The summed E-state index contributed by atoms with van der Waals surface area (Å²) in [5.41, 5.74) is 5.59. The molecule has 0 aliphatic heterocycles. The number of hydrogen-bond donors (Lipinski definition) is 1. The zero-order valence-corrected chi connectivity index (χ0v) is 18.7. The Morgan fingerprint density at radius 2 is 1.97 bits per heavy atom. The predicted molar refractivity (Wildman–Crippen MR) is 121 cm³/mol. The summed E-state index contributed by atoms with van der Waals surface area (Å²) < 4.78 is 7.43. The number of imidazole rings is 1. The molecule has 0 aliphatic rings. The van der Waals surface area contributed by atoms with Gasteiger partial charge in [0.25, 0.3) is 0 Å². The molecular formula is C22H21ClN4O2S.